The largest absolute Gasteiger partial charge is 0.416 e. The van der Waals surface area contributed by atoms with Crippen molar-refractivity contribution in [3.63, 3.8) is 0 Å². The van der Waals surface area contributed by atoms with Crippen LogP contribution in [0.2, 0.25) is 36.3 Å². The third-order valence-electron chi connectivity index (χ3n) is 16.2. The van der Waals surface area contributed by atoms with Gasteiger partial charge in [0, 0.05) is 34.0 Å². The Morgan fingerprint density at radius 2 is 1.50 bits per heavy atom. The molecule has 3 aliphatic carbocycles. The molecule has 56 heavy (non-hydrogen) atoms. The zero-order chi connectivity index (χ0) is 42.1. The first-order valence-electron chi connectivity index (χ1n) is 21.2. The molecule has 10 heteroatoms. The molecule has 0 radical (unpaired) electrons. The molecule has 0 spiro atoms. The van der Waals surface area contributed by atoms with E-state index in [9.17, 15) is 8.42 Å². The average Bonchev–Trinajstić information content (AvgIpc) is 3.60. The number of fused-ring (bicyclic) bond motifs is 5. The van der Waals surface area contributed by atoms with E-state index in [1.54, 1.807) is 0 Å². The number of ether oxygens (including phenoxy) is 1. The summed E-state index contributed by atoms with van der Waals surface area (Å²) < 4.78 is 52.2. The number of H-pyrrole nitrogens is 1. The lowest BCUT2D eigenvalue weighted by Crippen LogP contribution is -2.66. The van der Waals surface area contributed by atoms with Crippen LogP contribution in [-0.2, 0) is 33.3 Å². The van der Waals surface area contributed by atoms with Crippen molar-refractivity contribution < 1.29 is 26.2 Å². The number of aromatic nitrogens is 1. The van der Waals surface area contributed by atoms with Crippen LogP contribution in [0.25, 0.3) is 22.6 Å². The van der Waals surface area contributed by atoms with Crippen LogP contribution in [0.1, 0.15) is 133 Å². The van der Waals surface area contributed by atoms with Gasteiger partial charge in [-0.25, -0.2) is 0 Å². The fourth-order valence-electron chi connectivity index (χ4n) is 10.7. The van der Waals surface area contributed by atoms with Crippen molar-refractivity contribution in [2.45, 2.75) is 175 Å². The van der Waals surface area contributed by atoms with E-state index in [0.717, 1.165) is 36.9 Å². The lowest BCUT2D eigenvalue weighted by atomic mass is 9.40. The van der Waals surface area contributed by atoms with Gasteiger partial charge < -0.3 is 18.6 Å². The molecule has 6 rings (SSSR count). The molecule has 4 aliphatic rings. The number of aromatic amines is 1. The quantitative estimate of drug-likeness (QED) is 0.200. The van der Waals surface area contributed by atoms with Crippen LogP contribution in [-0.4, -0.2) is 66.8 Å². The SMILES string of the molecule is CC1(C)C=C2C(=Cc3cc4[nH]c([C@@]5(C)[C@H](COS(C)(=O)=O)CC[C@H]6[C@](C)(CO[Si](C)(C)C(C)(C)C)[C@@H](O[Si](C)(C)C(C)(C)C)CC[C@@]65C)cc4cc32)C(C)(C)O1. The zero-order valence-electron chi connectivity index (χ0n) is 38.2. The predicted octanol–water partition coefficient (Wildman–Crippen LogP) is 12.0. The summed E-state index contributed by atoms with van der Waals surface area (Å²) in [5.41, 5.74) is 5.51. The van der Waals surface area contributed by atoms with Gasteiger partial charge in [0.2, 0.25) is 0 Å². The molecule has 1 aromatic carbocycles. The Bertz CT molecular complexity index is 2050. The van der Waals surface area contributed by atoms with Crippen LogP contribution >= 0.6 is 0 Å². The van der Waals surface area contributed by atoms with E-state index in [4.69, 9.17) is 17.8 Å². The molecule has 2 aromatic rings. The topological polar surface area (TPSA) is 86.9 Å². The fourth-order valence-corrected chi connectivity index (χ4v) is 13.7. The van der Waals surface area contributed by atoms with Crippen LogP contribution in [0.15, 0.2) is 29.8 Å². The highest BCUT2D eigenvalue weighted by Crippen LogP contribution is 2.68. The second-order valence-electron chi connectivity index (χ2n) is 22.9. The maximum absolute atomic E-state index is 12.6. The first-order valence-corrected chi connectivity index (χ1v) is 28.8. The van der Waals surface area contributed by atoms with E-state index in [1.165, 1.54) is 33.9 Å². The second-order valence-corrected chi connectivity index (χ2v) is 34.1. The summed E-state index contributed by atoms with van der Waals surface area (Å²) in [6.07, 6.45) is 9.52. The van der Waals surface area contributed by atoms with Crippen LogP contribution < -0.4 is 0 Å². The summed E-state index contributed by atoms with van der Waals surface area (Å²) in [6, 6.07) is 7.03. The fraction of sp³-hybridized carbons (Fsp3) is 0.739. The van der Waals surface area contributed by atoms with Crippen LogP contribution in [0, 0.1) is 22.7 Å². The van der Waals surface area contributed by atoms with E-state index in [-0.39, 0.29) is 51.1 Å². The van der Waals surface area contributed by atoms with Crippen molar-refractivity contribution in [2.24, 2.45) is 22.7 Å². The molecule has 0 unspecified atom stereocenters. The minimum Gasteiger partial charge on any atom is -0.416 e. The third-order valence-corrected chi connectivity index (χ3v) is 25.7. The standard InChI is InChI=1S/C46H75NO6SSi2/c1-40(2,3)55(15,16)51-29-44(11)37-20-19-32(28-50-54(14,48)49)46(13,45(37,12)22-21-39(44)52-56(17,18)41(4,5)6)38-26-31-23-33-30(25-36(31)47-38)24-35-34(33)27-42(7,8)53-43(35,9)10/h23-27,32,37,39,47H,19-22,28-29H2,1-18H3/t32-,37-,39-,44-,45-,46+/m0/s1. The number of hydrogen-bond acceptors (Lipinski definition) is 6. The lowest BCUT2D eigenvalue weighted by Gasteiger charge is -2.67. The van der Waals surface area contributed by atoms with Crippen molar-refractivity contribution in [1.82, 2.24) is 4.98 Å². The molecule has 2 heterocycles. The Kier molecular flexibility index (Phi) is 10.6. The maximum Gasteiger partial charge on any atom is 0.264 e. The Labute approximate surface area is 342 Å². The van der Waals surface area contributed by atoms with Gasteiger partial charge >= 0.3 is 0 Å². The molecule has 1 aliphatic heterocycles. The molecule has 2 fully saturated rings. The van der Waals surface area contributed by atoms with Gasteiger partial charge in [0.1, 0.15) is 0 Å². The smallest absolute Gasteiger partial charge is 0.264 e. The van der Waals surface area contributed by atoms with Gasteiger partial charge in [-0.15, -0.1) is 0 Å². The monoisotopic (exact) mass is 825 g/mol. The van der Waals surface area contributed by atoms with Gasteiger partial charge in [-0.1, -0.05) is 62.3 Å². The molecule has 314 valence electrons. The molecule has 7 nitrogen and oxygen atoms in total. The second kappa shape index (κ2) is 13.5. The predicted molar refractivity (Wildman–Crippen MR) is 239 cm³/mol. The zero-order valence-corrected chi connectivity index (χ0v) is 41.0. The van der Waals surface area contributed by atoms with Crippen molar-refractivity contribution in [1.29, 1.82) is 0 Å². The summed E-state index contributed by atoms with van der Waals surface area (Å²) in [7, 11) is -7.88. The first kappa shape index (κ1) is 44.0. The van der Waals surface area contributed by atoms with Gasteiger partial charge in [0.15, 0.2) is 16.6 Å². The highest BCUT2D eigenvalue weighted by Gasteiger charge is 2.66. The molecule has 6 atom stereocenters. The van der Waals surface area contributed by atoms with E-state index >= 15 is 0 Å². The van der Waals surface area contributed by atoms with Crippen LogP contribution in [0.4, 0.5) is 0 Å². The molecular weight excluding hydrogens is 751 g/mol. The Hall–Kier alpha value is -1.54. The summed E-state index contributed by atoms with van der Waals surface area (Å²) in [4.78, 5) is 3.98. The summed E-state index contributed by atoms with van der Waals surface area (Å²) >= 11 is 0. The highest BCUT2D eigenvalue weighted by molar-refractivity contribution is 7.85. The van der Waals surface area contributed by atoms with Gasteiger partial charge in [0.05, 0.1) is 30.2 Å². The number of hydrogen-bond donors (Lipinski definition) is 1. The molecule has 0 saturated heterocycles. The number of rotatable bonds is 9. The van der Waals surface area contributed by atoms with Crippen molar-refractivity contribution in [2.75, 3.05) is 19.5 Å². The first-order chi connectivity index (χ1) is 25.2. The summed E-state index contributed by atoms with van der Waals surface area (Å²) in [6.45, 7) is 40.3. The van der Waals surface area contributed by atoms with Crippen LogP contribution in [0.5, 0.6) is 0 Å². The Balaban J connectivity index is 1.49. The number of benzene rings is 1. The Morgan fingerprint density at radius 3 is 2.09 bits per heavy atom. The van der Waals surface area contributed by atoms with Crippen molar-refractivity contribution in [3.8, 4) is 0 Å². The summed E-state index contributed by atoms with van der Waals surface area (Å²) in [5, 5.41) is 1.33. The molecule has 1 aromatic heterocycles. The molecular formula is C46H75NO6SSi2. The van der Waals surface area contributed by atoms with Crippen molar-refractivity contribution >= 4 is 49.3 Å². The maximum atomic E-state index is 12.6. The van der Waals surface area contributed by atoms with E-state index in [1.807, 2.05) is 0 Å². The number of nitrogens with one attached hydrogen (secondary N) is 1. The Morgan fingerprint density at radius 1 is 0.875 bits per heavy atom. The van der Waals surface area contributed by atoms with Gasteiger partial charge in [-0.05, 0) is 160 Å². The van der Waals surface area contributed by atoms with E-state index in [0.29, 0.717) is 6.61 Å². The minimum absolute atomic E-state index is 0.0203. The highest BCUT2D eigenvalue weighted by atomic mass is 32.2. The molecule has 0 bridgehead atoms. The van der Waals surface area contributed by atoms with Gasteiger partial charge in [-0.2, -0.15) is 8.42 Å². The minimum atomic E-state index is -3.64. The van der Waals surface area contributed by atoms with Crippen molar-refractivity contribution in [3.05, 3.63) is 46.7 Å². The lowest BCUT2D eigenvalue weighted by molar-refractivity contribution is -0.177. The normalized spacial score (nSPS) is 32.1. The third kappa shape index (κ3) is 7.35. The van der Waals surface area contributed by atoms with E-state index < -0.39 is 37.8 Å². The van der Waals surface area contributed by atoms with Crippen LogP contribution in [0.3, 0.4) is 0 Å². The average molecular weight is 826 g/mol. The van der Waals surface area contributed by atoms with Gasteiger partial charge in [-0.3, -0.25) is 4.18 Å². The summed E-state index contributed by atoms with van der Waals surface area (Å²) in [5.74, 6) is 0.245. The molecule has 1 N–H and O–H groups in total. The molecule has 0 amide bonds. The molecule has 2 saturated carbocycles. The van der Waals surface area contributed by atoms with Gasteiger partial charge in [0.25, 0.3) is 10.1 Å². The van der Waals surface area contributed by atoms with E-state index in [2.05, 4.69) is 152 Å².